The van der Waals surface area contributed by atoms with Crippen LogP contribution in [-0.2, 0) is 0 Å². The Balaban J connectivity index is 2.56. The average molecular weight is 184 g/mol. The van der Waals surface area contributed by atoms with Crippen LogP contribution in [0.3, 0.4) is 0 Å². The summed E-state index contributed by atoms with van der Waals surface area (Å²) in [6.07, 6.45) is 27.0. The SMILES string of the molecule is C1=C\C=C\C=C\CC/C=C/C=C/C=C/1. The summed E-state index contributed by atoms with van der Waals surface area (Å²) in [7, 11) is 0. The maximum absolute atomic E-state index is 2.18. The molecule has 0 aromatic carbocycles. The molecule has 0 aliphatic heterocycles. The van der Waals surface area contributed by atoms with Gasteiger partial charge < -0.3 is 0 Å². The van der Waals surface area contributed by atoms with Crippen molar-refractivity contribution in [2.24, 2.45) is 0 Å². The highest BCUT2D eigenvalue weighted by molar-refractivity contribution is 5.19. The van der Waals surface area contributed by atoms with Crippen LogP contribution in [0.25, 0.3) is 0 Å². The zero-order valence-corrected chi connectivity index (χ0v) is 8.34. The van der Waals surface area contributed by atoms with Crippen LogP contribution in [0.1, 0.15) is 12.8 Å². The van der Waals surface area contributed by atoms with Gasteiger partial charge in [-0.2, -0.15) is 0 Å². The lowest BCUT2D eigenvalue weighted by Crippen LogP contribution is -1.63. The van der Waals surface area contributed by atoms with Gasteiger partial charge in [-0.15, -0.1) is 0 Å². The Labute approximate surface area is 86.3 Å². The van der Waals surface area contributed by atoms with E-state index in [1.807, 2.05) is 36.5 Å². The van der Waals surface area contributed by atoms with E-state index in [1.165, 1.54) is 0 Å². The molecule has 1 aliphatic carbocycles. The topological polar surface area (TPSA) is 0 Å². The van der Waals surface area contributed by atoms with E-state index in [9.17, 15) is 0 Å². The Morgan fingerprint density at radius 2 is 0.643 bits per heavy atom. The van der Waals surface area contributed by atoms with E-state index in [0.29, 0.717) is 0 Å². The molecule has 0 heterocycles. The molecule has 0 spiro atoms. The number of allylic oxidation sites excluding steroid dienone is 12. The minimum absolute atomic E-state index is 1.11. The second kappa shape index (κ2) is 8.06. The first-order chi connectivity index (χ1) is 7.00. The van der Waals surface area contributed by atoms with Gasteiger partial charge in [0.05, 0.1) is 0 Å². The van der Waals surface area contributed by atoms with Crippen molar-refractivity contribution in [3.63, 3.8) is 0 Å². The Kier molecular flexibility index (Phi) is 6.05. The highest BCUT2D eigenvalue weighted by Crippen LogP contribution is 1.94. The number of hydrogen-bond donors (Lipinski definition) is 0. The zero-order valence-electron chi connectivity index (χ0n) is 8.34. The van der Waals surface area contributed by atoms with E-state index in [-0.39, 0.29) is 0 Å². The van der Waals surface area contributed by atoms with Crippen molar-refractivity contribution in [1.82, 2.24) is 0 Å². The molecule has 0 aromatic heterocycles. The van der Waals surface area contributed by atoms with Gasteiger partial charge in [0.15, 0.2) is 0 Å². The van der Waals surface area contributed by atoms with Crippen LogP contribution in [0.2, 0.25) is 0 Å². The monoisotopic (exact) mass is 184 g/mol. The van der Waals surface area contributed by atoms with Crippen molar-refractivity contribution in [3.05, 3.63) is 72.9 Å². The third kappa shape index (κ3) is 6.01. The first kappa shape index (κ1) is 10.5. The van der Waals surface area contributed by atoms with Gasteiger partial charge >= 0.3 is 0 Å². The van der Waals surface area contributed by atoms with Gasteiger partial charge in [-0.1, -0.05) is 72.9 Å². The van der Waals surface area contributed by atoms with Gasteiger partial charge in [0, 0.05) is 0 Å². The summed E-state index contributed by atoms with van der Waals surface area (Å²) in [6, 6.07) is 0. The third-order valence-corrected chi connectivity index (χ3v) is 1.77. The van der Waals surface area contributed by atoms with Crippen LogP contribution < -0.4 is 0 Å². The largest absolute Gasteiger partial charge is 0.0842 e. The molecule has 0 amide bonds. The van der Waals surface area contributed by atoms with Crippen LogP contribution in [0.4, 0.5) is 0 Å². The molecule has 0 nitrogen and oxygen atoms in total. The molecule has 0 bridgehead atoms. The summed E-state index contributed by atoms with van der Waals surface area (Å²) in [5.41, 5.74) is 0. The predicted octanol–water partition coefficient (Wildman–Crippen LogP) is 4.12. The minimum Gasteiger partial charge on any atom is -0.0842 e. The maximum atomic E-state index is 2.18. The molecule has 0 fully saturated rings. The lowest BCUT2D eigenvalue weighted by molar-refractivity contribution is 1.05. The first-order valence-electron chi connectivity index (χ1n) is 4.98. The fourth-order valence-electron chi connectivity index (χ4n) is 1.06. The van der Waals surface area contributed by atoms with Crippen molar-refractivity contribution in [2.75, 3.05) is 0 Å². The van der Waals surface area contributed by atoms with Crippen molar-refractivity contribution < 1.29 is 0 Å². The Morgan fingerprint density at radius 1 is 0.357 bits per heavy atom. The summed E-state index contributed by atoms with van der Waals surface area (Å²) in [5, 5.41) is 0. The van der Waals surface area contributed by atoms with Crippen molar-refractivity contribution in [1.29, 1.82) is 0 Å². The lowest BCUT2D eigenvalue weighted by atomic mass is 10.2. The molecule has 1 aliphatic rings. The molecular weight excluding hydrogens is 168 g/mol. The molecule has 0 atom stereocenters. The Hall–Kier alpha value is -1.56. The molecule has 0 radical (unpaired) electrons. The van der Waals surface area contributed by atoms with Crippen molar-refractivity contribution in [3.8, 4) is 0 Å². The van der Waals surface area contributed by atoms with E-state index in [4.69, 9.17) is 0 Å². The quantitative estimate of drug-likeness (QED) is 0.531. The number of rotatable bonds is 0. The molecule has 0 saturated carbocycles. The Bertz CT molecular complexity index is 264. The molecule has 1 rings (SSSR count). The third-order valence-electron chi connectivity index (χ3n) is 1.77. The first-order valence-corrected chi connectivity index (χ1v) is 4.98. The fourth-order valence-corrected chi connectivity index (χ4v) is 1.06. The second-order valence-corrected chi connectivity index (χ2v) is 2.97. The predicted molar refractivity (Wildman–Crippen MR) is 64.1 cm³/mol. The average Bonchev–Trinajstić information content (AvgIpc) is 2.22. The summed E-state index contributed by atoms with van der Waals surface area (Å²) in [4.78, 5) is 0. The van der Waals surface area contributed by atoms with Crippen molar-refractivity contribution >= 4 is 0 Å². The molecule has 0 unspecified atom stereocenters. The van der Waals surface area contributed by atoms with Crippen LogP contribution >= 0.6 is 0 Å². The van der Waals surface area contributed by atoms with Gasteiger partial charge in [0.2, 0.25) is 0 Å². The molecule has 0 heteroatoms. The van der Waals surface area contributed by atoms with Gasteiger partial charge in [-0.05, 0) is 12.8 Å². The molecule has 14 heavy (non-hydrogen) atoms. The lowest BCUT2D eigenvalue weighted by Gasteiger charge is -1.84. The number of hydrogen-bond acceptors (Lipinski definition) is 0. The standard InChI is InChI=1S/C14H16/c1-2-4-6-8-10-12-14-13-11-9-7-5-3-1/h1-12H,13-14H2/b3-1-,4-2+,7-5+,8-6+,11-9+,12-10+. The van der Waals surface area contributed by atoms with Crippen LogP contribution in [-0.4, -0.2) is 0 Å². The highest BCUT2D eigenvalue weighted by atomic mass is 13.8. The zero-order chi connectivity index (χ0) is 9.90. The van der Waals surface area contributed by atoms with Crippen LogP contribution in [0.5, 0.6) is 0 Å². The molecule has 0 aromatic rings. The van der Waals surface area contributed by atoms with E-state index in [0.717, 1.165) is 12.8 Å². The van der Waals surface area contributed by atoms with Gasteiger partial charge in [0.1, 0.15) is 0 Å². The minimum atomic E-state index is 1.11. The van der Waals surface area contributed by atoms with Gasteiger partial charge in [-0.25, -0.2) is 0 Å². The van der Waals surface area contributed by atoms with E-state index < -0.39 is 0 Å². The summed E-state index contributed by atoms with van der Waals surface area (Å²) in [5.74, 6) is 0. The van der Waals surface area contributed by atoms with Gasteiger partial charge in [-0.3, -0.25) is 0 Å². The molecular formula is C14H16. The highest BCUT2D eigenvalue weighted by Gasteiger charge is 1.74. The molecule has 72 valence electrons. The summed E-state index contributed by atoms with van der Waals surface area (Å²) in [6.45, 7) is 0. The summed E-state index contributed by atoms with van der Waals surface area (Å²) < 4.78 is 0. The van der Waals surface area contributed by atoms with Gasteiger partial charge in [0.25, 0.3) is 0 Å². The van der Waals surface area contributed by atoms with Crippen molar-refractivity contribution in [2.45, 2.75) is 12.8 Å². The van der Waals surface area contributed by atoms with Crippen LogP contribution in [0.15, 0.2) is 72.9 Å². The van der Waals surface area contributed by atoms with Crippen LogP contribution in [0, 0.1) is 0 Å². The maximum Gasteiger partial charge on any atom is -0.0313 e. The van der Waals surface area contributed by atoms with E-state index >= 15 is 0 Å². The Morgan fingerprint density at radius 3 is 1.00 bits per heavy atom. The fraction of sp³-hybridized carbons (Fsp3) is 0.143. The normalized spacial score (nSPS) is 30.9. The smallest absolute Gasteiger partial charge is 0.0313 e. The second-order valence-electron chi connectivity index (χ2n) is 2.97. The van der Waals surface area contributed by atoms with E-state index in [2.05, 4.69) is 36.5 Å². The molecule has 0 N–H and O–H groups in total. The molecule has 0 saturated heterocycles. The van der Waals surface area contributed by atoms with E-state index in [1.54, 1.807) is 0 Å². The summed E-state index contributed by atoms with van der Waals surface area (Å²) >= 11 is 0.